The van der Waals surface area contributed by atoms with Crippen molar-refractivity contribution >= 4 is 28.9 Å². The van der Waals surface area contributed by atoms with Crippen LogP contribution in [0.3, 0.4) is 0 Å². The van der Waals surface area contributed by atoms with Gasteiger partial charge in [0.2, 0.25) is 0 Å². The van der Waals surface area contributed by atoms with E-state index in [-0.39, 0.29) is 5.69 Å². The van der Waals surface area contributed by atoms with E-state index in [1.165, 1.54) is 12.1 Å². The zero-order valence-electron chi connectivity index (χ0n) is 14.7. The van der Waals surface area contributed by atoms with E-state index < -0.39 is 4.92 Å². The molecule has 0 N–H and O–H groups in total. The summed E-state index contributed by atoms with van der Waals surface area (Å²) in [4.78, 5) is 10.3. The molecule has 0 heterocycles. The van der Waals surface area contributed by atoms with Gasteiger partial charge in [-0.1, -0.05) is 35.9 Å². The molecular weight excluding hydrogens is 376 g/mol. The third-order valence-corrected chi connectivity index (χ3v) is 4.25. The maximum Gasteiger partial charge on any atom is 0.269 e. The Hall–Kier alpha value is -3.62. The molecule has 0 unspecified atom stereocenters. The van der Waals surface area contributed by atoms with Crippen molar-refractivity contribution in [2.24, 2.45) is 0 Å². The van der Waals surface area contributed by atoms with Gasteiger partial charge in [-0.3, -0.25) is 10.1 Å². The first kappa shape index (κ1) is 19.2. The Balaban J connectivity index is 1.76. The lowest BCUT2D eigenvalue weighted by Gasteiger charge is -2.07. The normalized spacial score (nSPS) is 10.9. The number of ether oxygens (including phenoxy) is 1. The second kappa shape index (κ2) is 8.85. The number of non-ortho nitro benzene ring substituents is 1. The fourth-order valence-electron chi connectivity index (χ4n) is 2.55. The third kappa shape index (κ3) is 4.97. The second-order valence-corrected chi connectivity index (χ2v) is 6.40. The van der Waals surface area contributed by atoms with Crippen molar-refractivity contribution in [3.05, 3.63) is 105 Å². The van der Waals surface area contributed by atoms with Crippen LogP contribution in [0, 0.1) is 21.4 Å². The van der Waals surface area contributed by atoms with Crippen LogP contribution < -0.4 is 4.74 Å². The first-order chi connectivity index (χ1) is 13.5. The van der Waals surface area contributed by atoms with Gasteiger partial charge in [0.15, 0.2) is 0 Å². The van der Waals surface area contributed by atoms with Crippen LogP contribution in [-0.2, 0) is 6.61 Å². The molecular formula is C22H15ClN2O3. The van der Waals surface area contributed by atoms with Crippen LogP contribution in [-0.4, -0.2) is 4.92 Å². The van der Waals surface area contributed by atoms with E-state index in [2.05, 4.69) is 6.07 Å². The van der Waals surface area contributed by atoms with Crippen LogP contribution >= 0.6 is 11.6 Å². The van der Waals surface area contributed by atoms with Crippen molar-refractivity contribution in [2.45, 2.75) is 6.61 Å². The first-order valence-corrected chi connectivity index (χ1v) is 8.77. The van der Waals surface area contributed by atoms with Gasteiger partial charge in [-0.25, -0.2) is 0 Å². The molecule has 3 rings (SSSR count). The summed E-state index contributed by atoms with van der Waals surface area (Å²) in [7, 11) is 0. The fraction of sp³-hybridized carbons (Fsp3) is 0.0455. The number of hydrogen-bond acceptors (Lipinski definition) is 4. The molecule has 3 aromatic rings. The number of benzene rings is 3. The number of nitro groups is 1. The monoisotopic (exact) mass is 390 g/mol. The Morgan fingerprint density at radius 1 is 1.11 bits per heavy atom. The molecule has 0 radical (unpaired) electrons. The molecule has 0 saturated carbocycles. The lowest BCUT2D eigenvalue weighted by atomic mass is 10.0. The van der Waals surface area contributed by atoms with Crippen molar-refractivity contribution in [1.82, 2.24) is 0 Å². The molecule has 0 aliphatic heterocycles. The Bertz CT molecular complexity index is 1050. The van der Waals surface area contributed by atoms with Gasteiger partial charge in [0.1, 0.15) is 12.4 Å². The summed E-state index contributed by atoms with van der Waals surface area (Å²) >= 11 is 5.88. The molecule has 3 aromatic carbocycles. The highest BCUT2D eigenvalue weighted by Gasteiger charge is 2.07. The average Bonchev–Trinajstić information content (AvgIpc) is 2.72. The Morgan fingerprint density at radius 2 is 1.82 bits per heavy atom. The van der Waals surface area contributed by atoms with Gasteiger partial charge >= 0.3 is 0 Å². The molecule has 0 fully saturated rings. The number of rotatable bonds is 6. The maximum atomic E-state index is 10.8. The predicted octanol–water partition coefficient (Wildman–Crippen LogP) is 5.89. The molecule has 0 aliphatic rings. The standard InChI is InChI=1S/C22H15ClN2O3/c23-20-8-4-16(5-9-20)15-28-22-3-1-2-17(13-22)12-19(14-24)18-6-10-21(11-7-18)25(26)27/h1-13H,15H2. The summed E-state index contributed by atoms with van der Waals surface area (Å²) in [6, 6.07) is 22.8. The number of allylic oxidation sites excluding steroid dienone is 1. The van der Waals surface area contributed by atoms with E-state index in [1.807, 2.05) is 48.5 Å². The zero-order chi connectivity index (χ0) is 19.9. The minimum absolute atomic E-state index is 0.0152. The molecule has 0 saturated heterocycles. The Kier molecular flexibility index (Phi) is 6.05. The van der Waals surface area contributed by atoms with Gasteiger partial charge in [0.05, 0.1) is 16.6 Å². The number of nitro benzene ring substituents is 1. The highest BCUT2D eigenvalue weighted by Crippen LogP contribution is 2.23. The van der Waals surface area contributed by atoms with Gasteiger partial charge in [-0.05, 0) is 59.2 Å². The quantitative estimate of drug-likeness (QED) is 0.227. The molecule has 6 heteroatoms. The molecule has 138 valence electrons. The first-order valence-electron chi connectivity index (χ1n) is 8.39. The van der Waals surface area contributed by atoms with Crippen molar-refractivity contribution in [1.29, 1.82) is 5.26 Å². The summed E-state index contributed by atoms with van der Waals surface area (Å²) < 4.78 is 5.81. The van der Waals surface area contributed by atoms with Crippen LogP contribution in [0.1, 0.15) is 16.7 Å². The number of hydrogen-bond donors (Lipinski definition) is 0. The summed E-state index contributed by atoms with van der Waals surface area (Å²) in [5.74, 6) is 0.671. The van der Waals surface area contributed by atoms with Crippen molar-refractivity contribution in [2.75, 3.05) is 0 Å². The second-order valence-electron chi connectivity index (χ2n) is 5.96. The molecule has 0 atom stereocenters. The highest BCUT2D eigenvalue weighted by molar-refractivity contribution is 6.30. The number of halogens is 1. The van der Waals surface area contributed by atoms with Gasteiger partial charge in [-0.15, -0.1) is 0 Å². The highest BCUT2D eigenvalue weighted by atomic mass is 35.5. The van der Waals surface area contributed by atoms with E-state index in [0.717, 1.165) is 11.1 Å². The molecule has 0 aromatic heterocycles. The van der Waals surface area contributed by atoms with E-state index >= 15 is 0 Å². The minimum atomic E-state index is -0.471. The largest absolute Gasteiger partial charge is 0.489 e. The summed E-state index contributed by atoms with van der Waals surface area (Å²) in [6.45, 7) is 0.401. The molecule has 0 aliphatic carbocycles. The van der Waals surface area contributed by atoms with Crippen LogP contribution in [0.15, 0.2) is 72.8 Å². The Morgan fingerprint density at radius 3 is 2.46 bits per heavy atom. The van der Waals surface area contributed by atoms with Crippen LogP contribution in [0.25, 0.3) is 11.6 Å². The lowest BCUT2D eigenvalue weighted by Crippen LogP contribution is -1.95. The predicted molar refractivity (Wildman–Crippen MR) is 109 cm³/mol. The van der Waals surface area contributed by atoms with E-state index in [0.29, 0.717) is 28.5 Å². The van der Waals surface area contributed by atoms with Crippen LogP contribution in [0.5, 0.6) is 5.75 Å². The van der Waals surface area contributed by atoms with Gasteiger partial charge in [0, 0.05) is 17.2 Å². The molecule has 0 spiro atoms. The maximum absolute atomic E-state index is 10.8. The van der Waals surface area contributed by atoms with Crippen LogP contribution in [0.2, 0.25) is 5.02 Å². The van der Waals surface area contributed by atoms with Crippen molar-refractivity contribution in [3.8, 4) is 11.8 Å². The number of nitrogens with zero attached hydrogens (tertiary/aromatic N) is 2. The zero-order valence-corrected chi connectivity index (χ0v) is 15.5. The van der Waals surface area contributed by atoms with Gasteiger partial charge < -0.3 is 4.74 Å². The topological polar surface area (TPSA) is 76.2 Å². The minimum Gasteiger partial charge on any atom is -0.489 e. The van der Waals surface area contributed by atoms with E-state index in [9.17, 15) is 15.4 Å². The fourth-order valence-corrected chi connectivity index (χ4v) is 2.68. The van der Waals surface area contributed by atoms with E-state index in [4.69, 9.17) is 16.3 Å². The van der Waals surface area contributed by atoms with Crippen molar-refractivity contribution in [3.63, 3.8) is 0 Å². The third-order valence-electron chi connectivity index (χ3n) is 4.00. The molecule has 0 bridgehead atoms. The van der Waals surface area contributed by atoms with Gasteiger partial charge in [0.25, 0.3) is 5.69 Å². The van der Waals surface area contributed by atoms with Gasteiger partial charge in [-0.2, -0.15) is 5.26 Å². The molecule has 0 amide bonds. The summed E-state index contributed by atoms with van der Waals surface area (Å²) in [5, 5.41) is 20.9. The molecule has 5 nitrogen and oxygen atoms in total. The smallest absolute Gasteiger partial charge is 0.269 e. The molecule has 28 heavy (non-hydrogen) atoms. The lowest BCUT2D eigenvalue weighted by molar-refractivity contribution is -0.384. The van der Waals surface area contributed by atoms with E-state index in [1.54, 1.807) is 18.2 Å². The Labute approximate surface area is 167 Å². The number of nitriles is 1. The van der Waals surface area contributed by atoms with Crippen LogP contribution in [0.4, 0.5) is 5.69 Å². The average molecular weight is 391 g/mol. The van der Waals surface area contributed by atoms with Crippen molar-refractivity contribution < 1.29 is 9.66 Å². The SMILES string of the molecule is N#CC(=Cc1cccc(OCc2ccc(Cl)cc2)c1)c1ccc([N+](=O)[O-])cc1. The summed E-state index contributed by atoms with van der Waals surface area (Å²) in [5.41, 5.74) is 2.79. The summed E-state index contributed by atoms with van der Waals surface area (Å²) in [6.07, 6.45) is 1.72.